The molecule has 0 fully saturated rings. The number of unbranched alkanes of at least 4 members (excludes halogenated alkanes) is 2. The predicted octanol–water partition coefficient (Wildman–Crippen LogP) is 1.13. The largest absolute Gasteiger partial charge is 1.00 e. The molecule has 0 saturated heterocycles. The van der Waals surface area contributed by atoms with Gasteiger partial charge in [0, 0.05) is 0 Å². The van der Waals surface area contributed by atoms with Crippen LogP contribution in [0.1, 0.15) is 26.2 Å². The normalized spacial score (nSPS) is 9.31. The molecule has 13 heavy (non-hydrogen) atoms. The van der Waals surface area contributed by atoms with Crippen molar-refractivity contribution in [2.24, 2.45) is 0 Å². The second kappa shape index (κ2) is 8.75. The van der Waals surface area contributed by atoms with Crippen molar-refractivity contribution in [3.63, 3.8) is 0 Å². The molecule has 1 rings (SSSR count). The third-order valence-corrected chi connectivity index (χ3v) is 2.58. The summed E-state index contributed by atoms with van der Waals surface area (Å²) in [4.78, 5) is 1.34. The predicted molar refractivity (Wildman–Crippen MR) is 56.1 cm³/mol. The fourth-order valence-corrected chi connectivity index (χ4v) is 1.73. The zero-order valence-corrected chi connectivity index (χ0v) is 9.31. The van der Waals surface area contributed by atoms with Gasteiger partial charge in [-0.25, -0.2) is 0 Å². The molecular weight excluding hydrogens is 171 g/mol. The van der Waals surface area contributed by atoms with Crippen LogP contribution in [0.4, 0.5) is 0 Å². The average molecular weight is 186 g/mol. The van der Waals surface area contributed by atoms with Crippen LogP contribution in [0.2, 0.25) is 0 Å². The van der Waals surface area contributed by atoms with Crippen molar-refractivity contribution < 1.29 is 18.9 Å². The molecule has 0 aliphatic carbocycles. The van der Waals surface area contributed by atoms with Gasteiger partial charge >= 0.3 is 18.9 Å². The van der Waals surface area contributed by atoms with Crippen LogP contribution in [-0.2, 0) is 0 Å². The minimum Gasteiger partial charge on any atom is -0.316 e. The number of rotatable bonds is 5. The van der Waals surface area contributed by atoms with Gasteiger partial charge < -0.3 is 11.8 Å². The summed E-state index contributed by atoms with van der Waals surface area (Å²) in [5, 5.41) is 0. The van der Waals surface area contributed by atoms with Gasteiger partial charge in [-0.2, -0.15) is 6.42 Å². The first kappa shape index (κ1) is 13.2. The Morgan fingerprint density at radius 3 is 2.54 bits per heavy atom. The Morgan fingerprint density at radius 2 is 1.92 bits per heavy atom. The van der Waals surface area contributed by atoms with E-state index >= 15 is 0 Å². The maximum absolute atomic E-state index is 2.29. The van der Waals surface area contributed by atoms with E-state index in [0.29, 0.717) is 0 Å². The monoisotopic (exact) mass is 186 g/mol. The molecule has 0 unspecified atom stereocenters. The van der Waals surface area contributed by atoms with Crippen LogP contribution in [0.3, 0.4) is 0 Å². The van der Waals surface area contributed by atoms with E-state index in [-0.39, 0.29) is 18.9 Å². The van der Waals surface area contributed by atoms with Gasteiger partial charge in [0.1, 0.15) is 0 Å². The summed E-state index contributed by atoms with van der Waals surface area (Å²) in [5.74, 6) is 2.29. The first-order chi connectivity index (χ1) is 5.93. The third-order valence-electron chi connectivity index (χ3n) is 1.64. The molecule has 1 aromatic rings. The maximum Gasteiger partial charge on any atom is 1.00 e. The fraction of sp³-hybridized carbons (Fsp3) is 0.364. The second-order valence-corrected chi connectivity index (χ2v) is 3.78. The molecular formula is C11H15LiS. The van der Waals surface area contributed by atoms with E-state index in [2.05, 4.69) is 43.0 Å². The Morgan fingerprint density at radius 1 is 1.23 bits per heavy atom. The molecule has 0 bridgehead atoms. The standard InChI is InChI=1S/C11H15S.Li/c1-2-3-7-10-12-11-8-5-4-6-9-11;/h4-6,8-10H,2-3,7H2,1H3;/q-1;+1. The van der Waals surface area contributed by atoms with Gasteiger partial charge in [0.05, 0.1) is 0 Å². The minimum absolute atomic E-state index is 0. The van der Waals surface area contributed by atoms with Gasteiger partial charge in [-0.15, -0.1) is 0 Å². The van der Waals surface area contributed by atoms with Crippen LogP contribution in [-0.4, -0.2) is 0 Å². The van der Waals surface area contributed by atoms with E-state index < -0.39 is 0 Å². The van der Waals surface area contributed by atoms with E-state index in [4.69, 9.17) is 0 Å². The van der Waals surface area contributed by atoms with Crippen molar-refractivity contribution in [1.82, 2.24) is 0 Å². The second-order valence-electron chi connectivity index (χ2n) is 2.74. The number of hydrogen-bond donors (Lipinski definition) is 0. The van der Waals surface area contributed by atoms with Gasteiger partial charge in [-0.05, 0) is 4.90 Å². The zero-order chi connectivity index (χ0) is 8.65. The van der Waals surface area contributed by atoms with E-state index in [1.807, 2.05) is 11.8 Å². The number of thioether (sulfide) groups is 1. The van der Waals surface area contributed by atoms with Crippen LogP contribution < -0.4 is 18.9 Å². The Labute approximate surface area is 97.7 Å². The molecule has 0 amide bonds. The van der Waals surface area contributed by atoms with E-state index in [1.54, 1.807) is 0 Å². The van der Waals surface area contributed by atoms with Crippen molar-refractivity contribution in [3.05, 3.63) is 36.1 Å². The molecule has 0 aliphatic heterocycles. The van der Waals surface area contributed by atoms with Crippen molar-refractivity contribution in [2.75, 3.05) is 0 Å². The van der Waals surface area contributed by atoms with E-state index in [1.165, 1.54) is 24.2 Å². The Balaban J connectivity index is 0.00000144. The minimum atomic E-state index is 0. The van der Waals surface area contributed by atoms with Crippen molar-refractivity contribution in [3.8, 4) is 0 Å². The molecule has 2 heteroatoms. The summed E-state index contributed by atoms with van der Waals surface area (Å²) in [6.45, 7) is 2.22. The molecule has 0 heterocycles. The van der Waals surface area contributed by atoms with Gasteiger partial charge in [0.15, 0.2) is 0 Å². The van der Waals surface area contributed by atoms with Crippen LogP contribution in [0, 0.1) is 5.75 Å². The summed E-state index contributed by atoms with van der Waals surface area (Å²) in [6, 6.07) is 10.5. The van der Waals surface area contributed by atoms with Crippen molar-refractivity contribution in [2.45, 2.75) is 31.1 Å². The Bertz CT molecular complexity index is 199. The topological polar surface area (TPSA) is 0 Å². The molecule has 0 spiro atoms. The van der Waals surface area contributed by atoms with Gasteiger partial charge in [-0.3, -0.25) is 5.75 Å². The van der Waals surface area contributed by atoms with Crippen LogP contribution >= 0.6 is 11.8 Å². The molecule has 1 aromatic carbocycles. The molecule has 0 saturated carbocycles. The van der Waals surface area contributed by atoms with Crippen LogP contribution in [0.5, 0.6) is 0 Å². The first-order valence-electron chi connectivity index (χ1n) is 4.47. The average Bonchev–Trinajstić information content (AvgIpc) is 2.14. The summed E-state index contributed by atoms with van der Waals surface area (Å²) >= 11 is 1.84. The SMILES string of the molecule is CCCC[CH-]Sc1ccccc1.[Li+]. The molecule has 0 radical (unpaired) electrons. The molecule has 0 aliphatic rings. The molecule has 0 atom stereocenters. The smallest absolute Gasteiger partial charge is 0.316 e. The van der Waals surface area contributed by atoms with E-state index in [0.717, 1.165) is 0 Å². The first-order valence-corrected chi connectivity index (χ1v) is 5.35. The van der Waals surface area contributed by atoms with Crippen molar-refractivity contribution >= 4 is 11.8 Å². The Hall–Kier alpha value is 0.167. The maximum atomic E-state index is 2.29. The van der Waals surface area contributed by atoms with Crippen molar-refractivity contribution in [1.29, 1.82) is 0 Å². The van der Waals surface area contributed by atoms with Crippen LogP contribution in [0.15, 0.2) is 35.2 Å². The number of benzene rings is 1. The zero-order valence-electron chi connectivity index (χ0n) is 8.49. The summed E-state index contributed by atoms with van der Waals surface area (Å²) in [5.41, 5.74) is 0. The third kappa shape index (κ3) is 6.27. The fourth-order valence-electron chi connectivity index (χ4n) is 0.942. The summed E-state index contributed by atoms with van der Waals surface area (Å²) < 4.78 is 0. The summed E-state index contributed by atoms with van der Waals surface area (Å²) in [6.07, 6.45) is 3.81. The van der Waals surface area contributed by atoms with Crippen LogP contribution in [0.25, 0.3) is 0 Å². The van der Waals surface area contributed by atoms with Gasteiger partial charge in [0.2, 0.25) is 0 Å². The Kier molecular flexibility index (Phi) is 8.86. The molecule has 0 N–H and O–H groups in total. The molecule has 0 nitrogen and oxygen atoms in total. The molecule has 66 valence electrons. The quantitative estimate of drug-likeness (QED) is 0.287. The van der Waals surface area contributed by atoms with E-state index in [9.17, 15) is 0 Å². The van der Waals surface area contributed by atoms with Gasteiger partial charge in [0.25, 0.3) is 0 Å². The van der Waals surface area contributed by atoms with Gasteiger partial charge in [-0.1, -0.05) is 50.1 Å². The number of hydrogen-bond acceptors (Lipinski definition) is 1. The molecule has 0 aromatic heterocycles. The summed E-state index contributed by atoms with van der Waals surface area (Å²) in [7, 11) is 0.